The summed E-state index contributed by atoms with van der Waals surface area (Å²) in [6.07, 6.45) is 4.59. The molecule has 0 aromatic rings. The Morgan fingerprint density at radius 3 is 2.47 bits per heavy atom. The first kappa shape index (κ1) is 13.3. The van der Waals surface area contributed by atoms with E-state index in [0.29, 0.717) is 0 Å². The Kier molecular flexibility index (Phi) is 5.39. The number of likely N-dealkylation sites (tertiary alicyclic amines) is 1. The molecule has 0 spiro atoms. The van der Waals surface area contributed by atoms with Crippen LogP contribution in [0.2, 0.25) is 0 Å². The molecule has 90 valence electrons. The summed E-state index contributed by atoms with van der Waals surface area (Å²) in [4.78, 5) is 4.88. The Balaban J connectivity index is 2.51. The van der Waals surface area contributed by atoms with E-state index in [0.717, 1.165) is 13.1 Å². The van der Waals surface area contributed by atoms with Crippen molar-refractivity contribution < 1.29 is 0 Å². The Bertz CT molecular complexity index is 179. The fourth-order valence-corrected chi connectivity index (χ4v) is 2.70. The van der Waals surface area contributed by atoms with Crippen molar-refractivity contribution in [2.45, 2.75) is 18.4 Å². The molecule has 0 amide bonds. The zero-order chi connectivity index (χ0) is 11.3. The first-order valence-corrected chi connectivity index (χ1v) is 7.13. The second-order valence-corrected chi connectivity index (χ2v) is 5.63. The summed E-state index contributed by atoms with van der Waals surface area (Å²) in [6, 6.07) is 0. The number of nitrogens with zero attached hydrogens (tertiary/aromatic N) is 2. The maximum absolute atomic E-state index is 5.99. The number of likely N-dealkylation sites (N-methyl/N-ethyl adjacent to an activating group) is 1. The Morgan fingerprint density at radius 1 is 1.40 bits per heavy atom. The second kappa shape index (κ2) is 6.09. The van der Waals surface area contributed by atoms with Crippen LogP contribution in [0.4, 0.5) is 0 Å². The fourth-order valence-electron chi connectivity index (χ4n) is 2.24. The van der Waals surface area contributed by atoms with Crippen LogP contribution in [-0.2, 0) is 0 Å². The van der Waals surface area contributed by atoms with Crippen molar-refractivity contribution in [3.63, 3.8) is 0 Å². The van der Waals surface area contributed by atoms with Crippen molar-refractivity contribution in [3.8, 4) is 0 Å². The summed E-state index contributed by atoms with van der Waals surface area (Å²) >= 11 is 1.91. The summed E-state index contributed by atoms with van der Waals surface area (Å²) < 4.78 is 0. The van der Waals surface area contributed by atoms with Crippen molar-refractivity contribution in [3.05, 3.63) is 0 Å². The molecule has 0 atom stereocenters. The van der Waals surface area contributed by atoms with Gasteiger partial charge in [-0.05, 0) is 46.3 Å². The van der Waals surface area contributed by atoms with Gasteiger partial charge in [0.15, 0.2) is 0 Å². The Hall–Kier alpha value is 0.230. The van der Waals surface area contributed by atoms with Crippen molar-refractivity contribution in [1.82, 2.24) is 9.80 Å². The zero-order valence-corrected chi connectivity index (χ0v) is 11.1. The molecule has 0 aromatic carbocycles. The standard InChI is InChI=1S/C11H25N3S/c1-13-6-4-11(10-12,5-7-13)14(2)8-9-15-3/h4-10,12H2,1-3H3. The van der Waals surface area contributed by atoms with Gasteiger partial charge in [-0.3, -0.25) is 4.90 Å². The molecule has 0 unspecified atom stereocenters. The number of thioether (sulfide) groups is 1. The lowest BCUT2D eigenvalue weighted by Crippen LogP contribution is -2.58. The highest BCUT2D eigenvalue weighted by Crippen LogP contribution is 2.26. The number of hydrogen-bond acceptors (Lipinski definition) is 4. The van der Waals surface area contributed by atoms with E-state index in [2.05, 4.69) is 30.2 Å². The topological polar surface area (TPSA) is 32.5 Å². The molecule has 1 saturated heterocycles. The van der Waals surface area contributed by atoms with E-state index >= 15 is 0 Å². The average Bonchev–Trinajstić information content (AvgIpc) is 2.27. The van der Waals surface area contributed by atoms with E-state index in [1.165, 1.54) is 31.7 Å². The number of hydrogen-bond donors (Lipinski definition) is 1. The molecule has 0 aromatic heterocycles. The second-order valence-electron chi connectivity index (χ2n) is 4.65. The van der Waals surface area contributed by atoms with Crippen LogP contribution >= 0.6 is 11.8 Å². The minimum Gasteiger partial charge on any atom is -0.329 e. The van der Waals surface area contributed by atoms with Crippen LogP contribution in [0.1, 0.15) is 12.8 Å². The summed E-state index contributed by atoms with van der Waals surface area (Å²) in [5.41, 5.74) is 6.26. The number of nitrogens with two attached hydrogens (primary N) is 1. The lowest BCUT2D eigenvalue weighted by atomic mass is 9.86. The van der Waals surface area contributed by atoms with E-state index in [1.54, 1.807) is 0 Å². The molecule has 0 saturated carbocycles. The lowest BCUT2D eigenvalue weighted by molar-refractivity contribution is 0.0590. The Morgan fingerprint density at radius 2 is 2.00 bits per heavy atom. The predicted octanol–water partition coefficient (Wildman–Crippen LogP) is 0.704. The van der Waals surface area contributed by atoms with Gasteiger partial charge in [0.2, 0.25) is 0 Å². The first-order chi connectivity index (χ1) is 7.14. The normalized spacial score (nSPS) is 22.2. The molecule has 0 bridgehead atoms. The molecule has 1 rings (SSSR count). The van der Waals surface area contributed by atoms with E-state index in [-0.39, 0.29) is 5.54 Å². The van der Waals surface area contributed by atoms with Crippen molar-refractivity contribution in [1.29, 1.82) is 0 Å². The molecule has 1 heterocycles. The van der Waals surface area contributed by atoms with Gasteiger partial charge < -0.3 is 10.6 Å². The van der Waals surface area contributed by atoms with Crippen molar-refractivity contribution in [2.75, 3.05) is 52.3 Å². The van der Waals surface area contributed by atoms with Crippen molar-refractivity contribution in [2.24, 2.45) is 5.73 Å². The Labute approximate surface area is 98.4 Å². The van der Waals surface area contributed by atoms with Crippen LogP contribution in [0.5, 0.6) is 0 Å². The van der Waals surface area contributed by atoms with Crippen LogP contribution in [0.15, 0.2) is 0 Å². The van der Waals surface area contributed by atoms with Gasteiger partial charge in [-0.15, -0.1) is 0 Å². The monoisotopic (exact) mass is 231 g/mol. The van der Waals surface area contributed by atoms with E-state index in [9.17, 15) is 0 Å². The van der Waals surface area contributed by atoms with Crippen LogP contribution in [-0.4, -0.2) is 67.6 Å². The third-order valence-electron chi connectivity index (χ3n) is 3.74. The van der Waals surface area contributed by atoms with Gasteiger partial charge in [-0.1, -0.05) is 0 Å². The highest BCUT2D eigenvalue weighted by Gasteiger charge is 2.35. The van der Waals surface area contributed by atoms with Crippen LogP contribution in [0, 0.1) is 0 Å². The van der Waals surface area contributed by atoms with Gasteiger partial charge in [-0.2, -0.15) is 11.8 Å². The SMILES string of the molecule is CSCCN(C)C1(CN)CCN(C)CC1. The summed E-state index contributed by atoms with van der Waals surface area (Å²) in [5.74, 6) is 1.20. The van der Waals surface area contributed by atoms with Gasteiger partial charge in [0, 0.05) is 24.4 Å². The molecule has 2 N–H and O–H groups in total. The smallest absolute Gasteiger partial charge is 0.0353 e. The molecule has 3 nitrogen and oxygen atoms in total. The van der Waals surface area contributed by atoms with Crippen LogP contribution in [0.3, 0.4) is 0 Å². The fraction of sp³-hybridized carbons (Fsp3) is 1.00. The molecular weight excluding hydrogens is 206 g/mol. The summed E-state index contributed by atoms with van der Waals surface area (Å²) in [5, 5.41) is 0. The van der Waals surface area contributed by atoms with E-state index in [1.807, 2.05) is 11.8 Å². The van der Waals surface area contributed by atoms with E-state index in [4.69, 9.17) is 5.73 Å². The lowest BCUT2D eigenvalue weighted by Gasteiger charge is -2.46. The third kappa shape index (κ3) is 3.34. The van der Waals surface area contributed by atoms with Crippen LogP contribution in [0.25, 0.3) is 0 Å². The molecule has 1 aliphatic heterocycles. The molecule has 0 radical (unpaired) electrons. The highest BCUT2D eigenvalue weighted by molar-refractivity contribution is 7.98. The summed E-state index contributed by atoms with van der Waals surface area (Å²) in [7, 11) is 4.43. The maximum Gasteiger partial charge on any atom is 0.0353 e. The third-order valence-corrected chi connectivity index (χ3v) is 4.33. The zero-order valence-electron chi connectivity index (χ0n) is 10.3. The van der Waals surface area contributed by atoms with Crippen molar-refractivity contribution >= 4 is 11.8 Å². The molecule has 15 heavy (non-hydrogen) atoms. The minimum absolute atomic E-state index is 0.266. The number of rotatable bonds is 5. The molecule has 0 aliphatic carbocycles. The van der Waals surface area contributed by atoms with E-state index < -0.39 is 0 Å². The average molecular weight is 231 g/mol. The minimum atomic E-state index is 0.266. The predicted molar refractivity (Wildman–Crippen MR) is 69.5 cm³/mol. The molecule has 1 fully saturated rings. The molecule has 4 heteroatoms. The van der Waals surface area contributed by atoms with Gasteiger partial charge in [-0.25, -0.2) is 0 Å². The highest BCUT2D eigenvalue weighted by atomic mass is 32.2. The van der Waals surface area contributed by atoms with Gasteiger partial charge in [0.05, 0.1) is 0 Å². The number of piperidine rings is 1. The van der Waals surface area contributed by atoms with Gasteiger partial charge in [0.25, 0.3) is 0 Å². The van der Waals surface area contributed by atoms with Gasteiger partial charge >= 0.3 is 0 Å². The molecular formula is C11H25N3S. The van der Waals surface area contributed by atoms with Crippen LogP contribution < -0.4 is 5.73 Å². The quantitative estimate of drug-likeness (QED) is 0.755. The maximum atomic E-state index is 5.99. The van der Waals surface area contributed by atoms with Gasteiger partial charge in [0.1, 0.15) is 0 Å². The summed E-state index contributed by atoms with van der Waals surface area (Å²) in [6.45, 7) is 4.31. The molecule has 1 aliphatic rings. The largest absolute Gasteiger partial charge is 0.329 e. The first-order valence-electron chi connectivity index (χ1n) is 5.73.